The van der Waals surface area contributed by atoms with Crippen LogP contribution in [0.15, 0.2) is 47.4 Å². The fourth-order valence-electron chi connectivity index (χ4n) is 2.58. The molecule has 0 aliphatic carbocycles. The molecule has 0 N–H and O–H groups in total. The van der Waals surface area contributed by atoms with E-state index < -0.39 is 17.6 Å². The lowest BCUT2D eigenvalue weighted by Crippen LogP contribution is -2.27. The first-order chi connectivity index (χ1) is 13.2. The van der Waals surface area contributed by atoms with E-state index in [1.807, 2.05) is 0 Å². The van der Waals surface area contributed by atoms with Crippen LogP contribution in [0.1, 0.15) is 11.1 Å². The Morgan fingerprint density at radius 1 is 1.07 bits per heavy atom. The van der Waals surface area contributed by atoms with Crippen molar-refractivity contribution in [3.63, 3.8) is 0 Å². The van der Waals surface area contributed by atoms with Gasteiger partial charge in [-0.05, 0) is 42.0 Å². The number of ether oxygens (including phenoxy) is 2. The molecular formula is C19H14F3NO3S2. The zero-order valence-corrected chi connectivity index (χ0v) is 16.4. The number of rotatable bonds is 4. The molecule has 1 fully saturated rings. The van der Waals surface area contributed by atoms with E-state index in [4.69, 9.17) is 21.7 Å². The van der Waals surface area contributed by atoms with Gasteiger partial charge in [-0.1, -0.05) is 30.0 Å². The zero-order chi connectivity index (χ0) is 20.5. The summed E-state index contributed by atoms with van der Waals surface area (Å²) < 4.78 is 49.5. The van der Waals surface area contributed by atoms with Crippen molar-refractivity contribution < 1.29 is 27.4 Å². The number of nitrogens with zero attached hydrogens (tertiary/aromatic N) is 1. The summed E-state index contributed by atoms with van der Waals surface area (Å²) >= 11 is 6.24. The SMILES string of the molecule is COc1cc(/C=C2/SC(=S)N(c3cccc(C(F)(F)F)c3)C2=O)cc(OC)c1. The van der Waals surface area contributed by atoms with Crippen molar-refractivity contribution >= 4 is 46.0 Å². The van der Waals surface area contributed by atoms with Crippen molar-refractivity contribution in [2.24, 2.45) is 0 Å². The van der Waals surface area contributed by atoms with Gasteiger partial charge in [-0.3, -0.25) is 9.69 Å². The maximum Gasteiger partial charge on any atom is 0.416 e. The van der Waals surface area contributed by atoms with Gasteiger partial charge in [0.05, 0.1) is 30.4 Å². The number of hydrogen-bond acceptors (Lipinski definition) is 5. The predicted octanol–water partition coefficient (Wildman–Crippen LogP) is 5.13. The van der Waals surface area contributed by atoms with Gasteiger partial charge in [0.2, 0.25) is 0 Å². The molecule has 0 aromatic heterocycles. The van der Waals surface area contributed by atoms with Crippen molar-refractivity contribution in [1.82, 2.24) is 0 Å². The lowest BCUT2D eigenvalue weighted by atomic mass is 10.1. The van der Waals surface area contributed by atoms with Crippen LogP contribution in [0.4, 0.5) is 18.9 Å². The van der Waals surface area contributed by atoms with Crippen LogP contribution in [0.2, 0.25) is 0 Å². The first-order valence-corrected chi connectivity index (χ1v) is 9.13. The summed E-state index contributed by atoms with van der Waals surface area (Å²) in [4.78, 5) is 14.2. The Morgan fingerprint density at radius 2 is 1.71 bits per heavy atom. The molecule has 0 saturated carbocycles. The van der Waals surface area contributed by atoms with E-state index in [-0.39, 0.29) is 14.9 Å². The van der Waals surface area contributed by atoms with E-state index in [1.54, 1.807) is 24.3 Å². The summed E-state index contributed by atoms with van der Waals surface area (Å²) in [7, 11) is 3.01. The van der Waals surface area contributed by atoms with Crippen LogP contribution >= 0.6 is 24.0 Å². The third-order valence-corrected chi connectivity index (χ3v) is 5.20. The number of anilines is 1. The van der Waals surface area contributed by atoms with Gasteiger partial charge >= 0.3 is 6.18 Å². The maximum absolute atomic E-state index is 13.0. The quantitative estimate of drug-likeness (QED) is 0.502. The minimum atomic E-state index is -4.51. The van der Waals surface area contributed by atoms with Gasteiger partial charge in [0.1, 0.15) is 11.5 Å². The minimum absolute atomic E-state index is 0.0731. The average molecular weight is 425 g/mol. The van der Waals surface area contributed by atoms with E-state index in [0.29, 0.717) is 17.1 Å². The summed E-state index contributed by atoms with van der Waals surface area (Å²) in [5.41, 5.74) is -0.134. The molecule has 1 amide bonds. The number of amides is 1. The van der Waals surface area contributed by atoms with Crippen LogP contribution < -0.4 is 14.4 Å². The highest BCUT2D eigenvalue weighted by atomic mass is 32.2. The predicted molar refractivity (Wildman–Crippen MR) is 107 cm³/mol. The smallest absolute Gasteiger partial charge is 0.416 e. The number of thioether (sulfide) groups is 1. The molecule has 0 unspecified atom stereocenters. The minimum Gasteiger partial charge on any atom is -0.497 e. The molecule has 28 heavy (non-hydrogen) atoms. The van der Waals surface area contributed by atoms with Gasteiger partial charge in [-0.2, -0.15) is 13.2 Å². The monoisotopic (exact) mass is 425 g/mol. The van der Waals surface area contributed by atoms with Crippen LogP contribution in [-0.2, 0) is 11.0 Å². The van der Waals surface area contributed by atoms with Gasteiger partial charge in [-0.25, -0.2) is 0 Å². The van der Waals surface area contributed by atoms with Gasteiger partial charge in [0.15, 0.2) is 4.32 Å². The Bertz CT molecular complexity index is 951. The molecular weight excluding hydrogens is 411 g/mol. The Morgan fingerprint density at radius 3 is 2.29 bits per heavy atom. The van der Waals surface area contributed by atoms with Crippen LogP contribution in [0.25, 0.3) is 6.08 Å². The van der Waals surface area contributed by atoms with Crippen molar-refractivity contribution in [3.05, 3.63) is 58.5 Å². The highest BCUT2D eigenvalue weighted by Crippen LogP contribution is 2.39. The van der Waals surface area contributed by atoms with Crippen LogP contribution in [0.3, 0.4) is 0 Å². The molecule has 1 heterocycles. The van der Waals surface area contributed by atoms with E-state index in [1.165, 1.54) is 26.4 Å². The number of methoxy groups -OCH3 is 2. The van der Waals surface area contributed by atoms with Crippen molar-refractivity contribution in [2.45, 2.75) is 6.18 Å². The van der Waals surface area contributed by atoms with E-state index in [0.717, 1.165) is 28.8 Å². The molecule has 146 valence electrons. The maximum atomic E-state index is 13.0. The molecule has 2 aromatic rings. The number of alkyl halides is 3. The number of carbonyl (C=O) groups excluding carboxylic acids is 1. The second kappa shape index (κ2) is 7.84. The largest absolute Gasteiger partial charge is 0.497 e. The second-order valence-corrected chi connectivity index (χ2v) is 7.39. The van der Waals surface area contributed by atoms with Crippen LogP contribution in [0.5, 0.6) is 11.5 Å². The molecule has 0 radical (unpaired) electrons. The number of carbonyl (C=O) groups is 1. The van der Waals surface area contributed by atoms with Gasteiger partial charge < -0.3 is 9.47 Å². The normalized spacial score (nSPS) is 16.0. The van der Waals surface area contributed by atoms with Crippen molar-refractivity contribution in [3.8, 4) is 11.5 Å². The van der Waals surface area contributed by atoms with Crippen molar-refractivity contribution in [2.75, 3.05) is 19.1 Å². The summed E-state index contributed by atoms with van der Waals surface area (Å²) in [6.07, 6.45) is -2.92. The standard InChI is InChI=1S/C19H14F3NO3S2/c1-25-14-6-11(7-15(10-14)26-2)8-16-17(24)23(18(27)28-16)13-5-3-4-12(9-13)19(20,21)22/h3-10H,1-2H3/b16-8+. The first-order valence-electron chi connectivity index (χ1n) is 7.91. The molecule has 0 spiro atoms. The lowest BCUT2D eigenvalue weighted by Gasteiger charge is -2.16. The van der Waals surface area contributed by atoms with Crippen LogP contribution in [-0.4, -0.2) is 24.4 Å². The fourth-order valence-corrected chi connectivity index (χ4v) is 3.87. The number of hydrogen-bond donors (Lipinski definition) is 0. The molecule has 1 saturated heterocycles. The van der Waals surface area contributed by atoms with E-state index in [2.05, 4.69) is 0 Å². The lowest BCUT2D eigenvalue weighted by molar-refractivity contribution is -0.137. The summed E-state index contributed by atoms with van der Waals surface area (Å²) in [6.45, 7) is 0. The zero-order valence-electron chi connectivity index (χ0n) is 14.7. The fraction of sp³-hybridized carbons (Fsp3) is 0.158. The molecule has 1 aliphatic heterocycles. The Balaban J connectivity index is 1.96. The van der Waals surface area contributed by atoms with Crippen molar-refractivity contribution in [1.29, 1.82) is 0 Å². The molecule has 2 aromatic carbocycles. The Hall–Kier alpha value is -2.52. The van der Waals surface area contributed by atoms with Crippen LogP contribution in [0, 0.1) is 0 Å². The molecule has 9 heteroatoms. The highest BCUT2D eigenvalue weighted by molar-refractivity contribution is 8.27. The number of thiocarbonyl (C=S) groups is 1. The van der Waals surface area contributed by atoms with Gasteiger partial charge in [0, 0.05) is 6.07 Å². The first kappa shape index (κ1) is 20.2. The average Bonchev–Trinajstić information content (AvgIpc) is 2.94. The second-order valence-electron chi connectivity index (χ2n) is 5.71. The number of halogens is 3. The van der Waals surface area contributed by atoms with Gasteiger partial charge in [0.25, 0.3) is 5.91 Å². The topological polar surface area (TPSA) is 38.8 Å². The third kappa shape index (κ3) is 4.15. The van der Waals surface area contributed by atoms with E-state index >= 15 is 0 Å². The number of benzene rings is 2. The summed E-state index contributed by atoms with van der Waals surface area (Å²) in [5, 5.41) is 0. The highest BCUT2D eigenvalue weighted by Gasteiger charge is 2.36. The molecule has 0 atom stereocenters. The molecule has 4 nitrogen and oxygen atoms in total. The third-order valence-electron chi connectivity index (χ3n) is 3.90. The molecule has 3 rings (SSSR count). The Kier molecular flexibility index (Phi) is 5.66. The Labute approximate surface area is 168 Å². The molecule has 0 bridgehead atoms. The van der Waals surface area contributed by atoms with Gasteiger partial charge in [-0.15, -0.1) is 0 Å². The summed E-state index contributed by atoms with van der Waals surface area (Å²) in [5.74, 6) is 0.592. The summed E-state index contributed by atoms with van der Waals surface area (Å²) in [6, 6.07) is 9.61. The molecule has 1 aliphatic rings. The van der Waals surface area contributed by atoms with E-state index in [9.17, 15) is 18.0 Å².